The number of halogens is 1. The molecule has 1 aromatic carbocycles. The summed E-state index contributed by atoms with van der Waals surface area (Å²) < 4.78 is 6.62. The number of aromatic nitrogens is 2. The highest BCUT2D eigenvalue weighted by Crippen LogP contribution is 2.23. The minimum absolute atomic E-state index is 0.186. The highest BCUT2D eigenvalue weighted by molar-refractivity contribution is 7.99. The second kappa shape index (κ2) is 8.63. The predicted octanol–water partition coefficient (Wildman–Crippen LogP) is 4.25. The Hall–Kier alpha value is -1.66. The van der Waals surface area contributed by atoms with Gasteiger partial charge in [-0.2, -0.15) is 5.10 Å². The van der Waals surface area contributed by atoms with Crippen LogP contribution in [0.4, 0.5) is 5.69 Å². The van der Waals surface area contributed by atoms with Crippen molar-refractivity contribution in [1.29, 1.82) is 0 Å². The van der Waals surface area contributed by atoms with E-state index in [1.54, 1.807) is 25.1 Å². The molecule has 0 saturated heterocycles. The number of benzene rings is 1. The standard InChI is InChI=1S/C18H24ClN3O2S/c1-18(2,3)22-17(23)16(19)15(12-21-22)20-9-6-10-25-14-8-5-7-13(11-14)24-4/h5,7-8,11-12,20H,6,9-10H2,1-4H3. The molecule has 0 unspecified atom stereocenters. The molecule has 5 nitrogen and oxygen atoms in total. The van der Waals surface area contributed by atoms with E-state index in [0.717, 1.165) is 24.5 Å². The quantitative estimate of drug-likeness (QED) is 0.573. The molecule has 0 aliphatic heterocycles. The van der Waals surface area contributed by atoms with Gasteiger partial charge in [0, 0.05) is 11.4 Å². The topological polar surface area (TPSA) is 56.1 Å². The Morgan fingerprint density at radius 3 is 2.80 bits per heavy atom. The van der Waals surface area contributed by atoms with Crippen LogP contribution in [0.3, 0.4) is 0 Å². The molecule has 25 heavy (non-hydrogen) atoms. The summed E-state index contributed by atoms with van der Waals surface area (Å²) in [5.74, 6) is 1.81. The molecule has 1 aromatic heterocycles. The molecule has 0 amide bonds. The number of nitrogens with one attached hydrogen (secondary N) is 1. The van der Waals surface area contributed by atoms with Gasteiger partial charge in [0.1, 0.15) is 10.8 Å². The number of hydrogen-bond donors (Lipinski definition) is 1. The van der Waals surface area contributed by atoms with E-state index in [1.165, 1.54) is 9.58 Å². The molecule has 2 aromatic rings. The molecule has 0 atom stereocenters. The van der Waals surface area contributed by atoms with Crippen molar-refractivity contribution in [2.24, 2.45) is 0 Å². The van der Waals surface area contributed by atoms with E-state index < -0.39 is 5.54 Å². The summed E-state index contributed by atoms with van der Waals surface area (Å²) in [5.41, 5.74) is -0.0874. The van der Waals surface area contributed by atoms with Gasteiger partial charge in [-0.3, -0.25) is 4.79 Å². The third-order valence-electron chi connectivity index (χ3n) is 3.50. The third kappa shape index (κ3) is 5.41. The van der Waals surface area contributed by atoms with Gasteiger partial charge in [0.15, 0.2) is 0 Å². The minimum Gasteiger partial charge on any atom is -0.497 e. The summed E-state index contributed by atoms with van der Waals surface area (Å²) in [6.45, 7) is 6.47. The Labute approximate surface area is 157 Å². The smallest absolute Gasteiger partial charge is 0.288 e. The van der Waals surface area contributed by atoms with Crippen LogP contribution in [-0.2, 0) is 5.54 Å². The fourth-order valence-corrected chi connectivity index (χ4v) is 3.30. The Morgan fingerprint density at radius 1 is 1.36 bits per heavy atom. The lowest BCUT2D eigenvalue weighted by atomic mass is 10.1. The molecule has 136 valence electrons. The average Bonchev–Trinajstić information content (AvgIpc) is 2.57. The van der Waals surface area contributed by atoms with Gasteiger partial charge < -0.3 is 10.1 Å². The van der Waals surface area contributed by atoms with Crippen molar-refractivity contribution in [3.63, 3.8) is 0 Å². The zero-order valence-corrected chi connectivity index (χ0v) is 16.6. The number of methoxy groups -OCH3 is 1. The lowest BCUT2D eigenvalue weighted by Gasteiger charge is -2.21. The van der Waals surface area contributed by atoms with Gasteiger partial charge in [-0.15, -0.1) is 11.8 Å². The van der Waals surface area contributed by atoms with Gasteiger partial charge in [-0.1, -0.05) is 17.7 Å². The van der Waals surface area contributed by atoms with Crippen molar-refractivity contribution in [3.05, 3.63) is 45.8 Å². The molecule has 1 N–H and O–H groups in total. The summed E-state index contributed by atoms with van der Waals surface area (Å²) >= 11 is 7.96. The van der Waals surface area contributed by atoms with Crippen molar-refractivity contribution in [3.8, 4) is 5.75 Å². The van der Waals surface area contributed by atoms with Crippen molar-refractivity contribution in [1.82, 2.24) is 9.78 Å². The van der Waals surface area contributed by atoms with E-state index in [0.29, 0.717) is 5.69 Å². The van der Waals surface area contributed by atoms with Crippen LogP contribution in [0, 0.1) is 0 Å². The summed E-state index contributed by atoms with van der Waals surface area (Å²) in [7, 11) is 1.67. The first-order valence-electron chi connectivity index (χ1n) is 8.12. The van der Waals surface area contributed by atoms with Crippen LogP contribution in [0.5, 0.6) is 5.75 Å². The van der Waals surface area contributed by atoms with E-state index in [9.17, 15) is 4.79 Å². The third-order valence-corrected chi connectivity index (χ3v) is 4.95. The number of nitrogens with zero attached hydrogens (tertiary/aromatic N) is 2. The maximum absolute atomic E-state index is 12.3. The zero-order valence-electron chi connectivity index (χ0n) is 15.0. The van der Waals surface area contributed by atoms with E-state index in [-0.39, 0.29) is 10.6 Å². The first-order chi connectivity index (χ1) is 11.8. The first-order valence-corrected chi connectivity index (χ1v) is 9.48. The predicted molar refractivity (Wildman–Crippen MR) is 105 cm³/mol. The maximum Gasteiger partial charge on any atom is 0.288 e. The van der Waals surface area contributed by atoms with E-state index in [1.807, 2.05) is 39.0 Å². The van der Waals surface area contributed by atoms with Gasteiger partial charge in [0.2, 0.25) is 0 Å². The zero-order chi connectivity index (χ0) is 18.4. The van der Waals surface area contributed by atoms with Gasteiger partial charge in [0.05, 0.1) is 24.5 Å². The highest BCUT2D eigenvalue weighted by Gasteiger charge is 2.19. The first kappa shape index (κ1) is 19.7. The summed E-state index contributed by atoms with van der Waals surface area (Å²) in [4.78, 5) is 13.5. The summed E-state index contributed by atoms with van der Waals surface area (Å²) in [6, 6.07) is 7.99. The summed E-state index contributed by atoms with van der Waals surface area (Å²) in [6.07, 6.45) is 2.55. The Balaban J connectivity index is 1.86. The van der Waals surface area contributed by atoms with Crippen LogP contribution in [0.2, 0.25) is 5.02 Å². The molecule has 7 heteroatoms. The largest absolute Gasteiger partial charge is 0.497 e. The van der Waals surface area contributed by atoms with E-state index in [4.69, 9.17) is 16.3 Å². The number of ether oxygens (including phenoxy) is 1. The SMILES string of the molecule is COc1cccc(SCCCNc2cnn(C(C)(C)C)c(=O)c2Cl)c1. The number of anilines is 1. The lowest BCUT2D eigenvalue weighted by molar-refractivity contribution is 0.338. The Morgan fingerprint density at radius 2 is 2.12 bits per heavy atom. The highest BCUT2D eigenvalue weighted by atomic mass is 35.5. The second-order valence-electron chi connectivity index (χ2n) is 6.57. The number of hydrogen-bond acceptors (Lipinski definition) is 5. The number of rotatable bonds is 7. The molecule has 0 aliphatic rings. The summed E-state index contributed by atoms with van der Waals surface area (Å²) in [5, 5.41) is 7.60. The molecule has 1 heterocycles. The normalized spacial score (nSPS) is 11.4. The van der Waals surface area contributed by atoms with Gasteiger partial charge in [0.25, 0.3) is 5.56 Å². The molecule has 2 rings (SSSR count). The van der Waals surface area contributed by atoms with Crippen molar-refractivity contribution in [2.75, 3.05) is 24.7 Å². The fourth-order valence-electron chi connectivity index (χ4n) is 2.21. The molecular weight excluding hydrogens is 358 g/mol. The van der Waals surface area contributed by atoms with Gasteiger partial charge in [-0.05, 0) is 51.1 Å². The second-order valence-corrected chi connectivity index (χ2v) is 8.11. The minimum atomic E-state index is -0.396. The van der Waals surface area contributed by atoms with Crippen LogP contribution >= 0.6 is 23.4 Å². The van der Waals surface area contributed by atoms with Crippen LogP contribution < -0.4 is 15.6 Å². The van der Waals surface area contributed by atoms with Crippen LogP contribution in [0.25, 0.3) is 0 Å². The van der Waals surface area contributed by atoms with Crippen LogP contribution in [-0.4, -0.2) is 29.2 Å². The molecule has 0 aliphatic carbocycles. The average molecular weight is 382 g/mol. The Bertz CT molecular complexity index is 772. The lowest BCUT2D eigenvalue weighted by Crippen LogP contribution is -2.36. The van der Waals surface area contributed by atoms with Gasteiger partial charge >= 0.3 is 0 Å². The monoisotopic (exact) mass is 381 g/mol. The van der Waals surface area contributed by atoms with E-state index >= 15 is 0 Å². The Kier molecular flexibility index (Phi) is 6.79. The molecule has 0 radical (unpaired) electrons. The van der Waals surface area contributed by atoms with Crippen molar-refractivity contribution in [2.45, 2.75) is 37.6 Å². The molecular formula is C18H24ClN3O2S. The fraction of sp³-hybridized carbons (Fsp3) is 0.444. The molecule has 0 bridgehead atoms. The van der Waals surface area contributed by atoms with Crippen LogP contribution in [0.15, 0.2) is 40.2 Å². The van der Waals surface area contributed by atoms with Gasteiger partial charge in [-0.25, -0.2) is 4.68 Å². The number of thioether (sulfide) groups is 1. The van der Waals surface area contributed by atoms with Crippen molar-refractivity contribution < 1.29 is 4.74 Å². The van der Waals surface area contributed by atoms with Crippen LogP contribution in [0.1, 0.15) is 27.2 Å². The molecule has 0 saturated carbocycles. The molecule has 0 fully saturated rings. The van der Waals surface area contributed by atoms with Crippen molar-refractivity contribution >= 4 is 29.1 Å². The maximum atomic E-state index is 12.3. The van der Waals surface area contributed by atoms with E-state index in [2.05, 4.69) is 16.5 Å². The molecule has 0 spiro atoms.